The van der Waals surface area contributed by atoms with E-state index in [1.165, 1.54) is 0 Å². The lowest BCUT2D eigenvalue weighted by molar-refractivity contribution is -0.0560. The van der Waals surface area contributed by atoms with Crippen LogP contribution in [0.3, 0.4) is 0 Å². The normalized spacial score (nSPS) is 31.0. The minimum atomic E-state index is -2.91. The maximum Gasteiger partial charge on any atom is 0.330 e. The molecule has 0 amide bonds. The molecule has 1 aliphatic rings. The van der Waals surface area contributed by atoms with Crippen molar-refractivity contribution in [1.82, 2.24) is 9.55 Å². The number of aliphatic hydroxyl groups is 2. The van der Waals surface area contributed by atoms with Crippen molar-refractivity contribution in [3.05, 3.63) is 33.1 Å². The summed E-state index contributed by atoms with van der Waals surface area (Å²) >= 11 is 0. The first-order valence-electron chi connectivity index (χ1n) is 5.49. The molecule has 0 radical (unpaired) electrons. The molecule has 1 aromatic heterocycles. The van der Waals surface area contributed by atoms with Crippen LogP contribution in [0, 0.1) is 5.92 Å². The first kappa shape index (κ1) is 13.8. The second-order valence-electron chi connectivity index (χ2n) is 4.17. The molecule has 2 rings (SSSR count). The molecule has 3 N–H and O–H groups in total. The van der Waals surface area contributed by atoms with E-state index >= 15 is 0 Å². The lowest BCUT2D eigenvalue weighted by Gasteiger charge is -2.18. The second-order valence-corrected chi connectivity index (χ2v) is 4.17. The van der Waals surface area contributed by atoms with E-state index in [4.69, 9.17) is 9.84 Å². The molecular formula is C10H12F2N2O5. The fourth-order valence-corrected chi connectivity index (χ4v) is 2.09. The Kier molecular flexibility index (Phi) is 3.78. The van der Waals surface area contributed by atoms with E-state index in [0.717, 1.165) is 16.8 Å². The average molecular weight is 278 g/mol. The zero-order valence-electron chi connectivity index (χ0n) is 9.57. The molecule has 1 fully saturated rings. The number of aliphatic hydroxyl groups excluding tert-OH is 2. The van der Waals surface area contributed by atoms with Crippen LogP contribution in [0.2, 0.25) is 0 Å². The number of alkyl halides is 2. The summed E-state index contributed by atoms with van der Waals surface area (Å²) in [6.45, 7) is -0.708. The monoisotopic (exact) mass is 278 g/mol. The standard InChI is InChI=1S/C10H12F2N2O5/c11-8(12)6-4(3-15)19-9(7(6)17)14-2-1-5(16)13-10(14)18/h1-2,4,6-9,15,17H,3H2,(H,13,16,18)/t4-,6+,7-,9-/m1/s1. The zero-order valence-corrected chi connectivity index (χ0v) is 9.57. The fourth-order valence-electron chi connectivity index (χ4n) is 2.09. The summed E-state index contributed by atoms with van der Waals surface area (Å²) in [7, 11) is 0. The predicted molar refractivity (Wildman–Crippen MR) is 57.8 cm³/mol. The molecule has 1 aliphatic heterocycles. The van der Waals surface area contributed by atoms with Gasteiger partial charge >= 0.3 is 5.69 Å². The number of aromatic nitrogens is 2. The topological polar surface area (TPSA) is 105 Å². The Bertz CT molecular complexity index is 557. The van der Waals surface area contributed by atoms with Gasteiger partial charge in [-0.2, -0.15) is 0 Å². The van der Waals surface area contributed by atoms with Crippen molar-refractivity contribution in [2.24, 2.45) is 5.92 Å². The average Bonchev–Trinajstić information content (AvgIpc) is 2.66. The highest BCUT2D eigenvalue weighted by molar-refractivity contribution is 4.93. The Balaban J connectivity index is 2.36. The molecule has 0 aromatic carbocycles. The maximum atomic E-state index is 12.8. The smallest absolute Gasteiger partial charge is 0.330 e. The summed E-state index contributed by atoms with van der Waals surface area (Å²) in [4.78, 5) is 24.3. The van der Waals surface area contributed by atoms with E-state index < -0.39 is 48.6 Å². The second kappa shape index (κ2) is 5.19. The third-order valence-corrected chi connectivity index (χ3v) is 3.03. The van der Waals surface area contributed by atoms with Gasteiger partial charge in [0.1, 0.15) is 6.10 Å². The Labute approximate surface area is 105 Å². The minimum Gasteiger partial charge on any atom is -0.394 e. The number of nitrogens with zero attached hydrogens (tertiary/aromatic N) is 1. The first-order valence-corrected chi connectivity index (χ1v) is 5.49. The molecule has 0 saturated carbocycles. The number of ether oxygens (including phenoxy) is 1. The van der Waals surface area contributed by atoms with Crippen LogP contribution in [0.15, 0.2) is 21.9 Å². The highest BCUT2D eigenvalue weighted by Crippen LogP contribution is 2.36. The number of halogens is 2. The number of aromatic amines is 1. The van der Waals surface area contributed by atoms with Gasteiger partial charge in [-0.3, -0.25) is 14.3 Å². The van der Waals surface area contributed by atoms with Gasteiger partial charge in [-0.25, -0.2) is 13.6 Å². The van der Waals surface area contributed by atoms with Gasteiger partial charge in [0, 0.05) is 12.3 Å². The van der Waals surface area contributed by atoms with Crippen molar-refractivity contribution in [1.29, 1.82) is 0 Å². The molecule has 0 unspecified atom stereocenters. The third kappa shape index (κ3) is 2.44. The van der Waals surface area contributed by atoms with E-state index in [1.807, 2.05) is 4.98 Å². The fraction of sp³-hybridized carbons (Fsp3) is 0.600. The maximum absolute atomic E-state index is 12.8. The van der Waals surface area contributed by atoms with Crippen molar-refractivity contribution in [2.45, 2.75) is 24.9 Å². The molecule has 2 heterocycles. The van der Waals surface area contributed by atoms with Gasteiger partial charge in [0.25, 0.3) is 5.56 Å². The van der Waals surface area contributed by atoms with Crippen molar-refractivity contribution in [3.8, 4) is 0 Å². The molecule has 0 aliphatic carbocycles. The zero-order chi connectivity index (χ0) is 14.2. The molecule has 9 heteroatoms. The van der Waals surface area contributed by atoms with Crippen molar-refractivity contribution >= 4 is 0 Å². The molecule has 0 spiro atoms. The van der Waals surface area contributed by atoms with Crippen molar-refractivity contribution in [3.63, 3.8) is 0 Å². The number of hydrogen-bond donors (Lipinski definition) is 3. The van der Waals surface area contributed by atoms with E-state index in [1.54, 1.807) is 0 Å². The summed E-state index contributed by atoms with van der Waals surface area (Å²) in [6.07, 6.45) is -6.19. The van der Waals surface area contributed by atoms with Crippen LogP contribution < -0.4 is 11.2 Å². The van der Waals surface area contributed by atoms with Crippen LogP contribution >= 0.6 is 0 Å². The SMILES string of the molecule is O=c1ccn([C@@H]2O[C@H](CO)[C@H](C(F)F)[C@H]2O)c(=O)[nH]1. The van der Waals surface area contributed by atoms with Crippen LogP contribution in [0.25, 0.3) is 0 Å². The number of hydrogen-bond acceptors (Lipinski definition) is 5. The lowest BCUT2D eigenvalue weighted by atomic mass is 9.99. The third-order valence-electron chi connectivity index (χ3n) is 3.03. The van der Waals surface area contributed by atoms with Crippen LogP contribution in [-0.4, -0.2) is 45.0 Å². The van der Waals surface area contributed by atoms with Crippen LogP contribution in [0.5, 0.6) is 0 Å². The Morgan fingerprint density at radius 2 is 2.16 bits per heavy atom. The number of rotatable bonds is 3. The molecule has 4 atom stereocenters. The highest BCUT2D eigenvalue weighted by atomic mass is 19.3. The van der Waals surface area contributed by atoms with Crippen LogP contribution in [0.1, 0.15) is 6.23 Å². The van der Waals surface area contributed by atoms with Gasteiger partial charge in [0.05, 0.1) is 18.6 Å². The van der Waals surface area contributed by atoms with E-state index in [-0.39, 0.29) is 0 Å². The molecule has 1 aromatic rings. The largest absolute Gasteiger partial charge is 0.394 e. The quantitative estimate of drug-likeness (QED) is 0.635. The van der Waals surface area contributed by atoms with E-state index in [9.17, 15) is 23.5 Å². The summed E-state index contributed by atoms with van der Waals surface area (Å²) in [5.74, 6) is -1.60. The van der Waals surface area contributed by atoms with E-state index in [2.05, 4.69) is 0 Å². The summed E-state index contributed by atoms with van der Waals surface area (Å²) in [5, 5.41) is 18.8. The van der Waals surface area contributed by atoms with E-state index in [0.29, 0.717) is 0 Å². The van der Waals surface area contributed by atoms with Crippen LogP contribution in [-0.2, 0) is 4.74 Å². The van der Waals surface area contributed by atoms with Gasteiger partial charge in [0.15, 0.2) is 6.23 Å². The highest BCUT2D eigenvalue weighted by Gasteiger charge is 2.49. The summed E-state index contributed by atoms with van der Waals surface area (Å²) in [6, 6.07) is 1.00. The predicted octanol–water partition coefficient (Wildman–Crippen LogP) is -1.33. The molecule has 1 saturated heterocycles. The lowest BCUT2D eigenvalue weighted by Crippen LogP contribution is -2.37. The Morgan fingerprint density at radius 1 is 1.47 bits per heavy atom. The molecular weight excluding hydrogens is 266 g/mol. The molecule has 0 bridgehead atoms. The first-order chi connectivity index (χ1) is 8.95. The number of H-pyrrole nitrogens is 1. The van der Waals surface area contributed by atoms with Crippen LogP contribution in [0.4, 0.5) is 8.78 Å². The van der Waals surface area contributed by atoms with Gasteiger partial charge in [-0.05, 0) is 0 Å². The van der Waals surface area contributed by atoms with Gasteiger partial charge < -0.3 is 14.9 Å². The van der Waals surface area contributed by atoms with Crippen molar-refractivity contribution in [2.75, 3.05) is 6.61 Å². The minimum absolute atomic E-state index is 0.655. The van der Waals surface area contributed by atoms with Gasteiger partial charge in [-0.1, -0.05) is 0 Å². The molecule has 7 nitrogen and oxygen atoms in total. The van der Waals surface area contributed by atoms with Crippen molar-refractivity contribution < 1.29 is 23.7 Å². The Hall–Kier alpha value is -1.58. The Morgan fingerprint density at radius 3 is 2.63 bits per heavy atom. The molecule has 106 valence electrons. The molecule has 19 heavy (non-hydrogen) atoms. The summed E-state index contributed by atoms with van der Waals surface area (Å²) in [5.41, 5.74) is -1.54. The number of nitrogens with one attached hydrogen (secondary N) is 1. The van der Waals surface area contributed by atoms with Gasteiger partial charge in [0.2, 0.25) is 6.43 Å². The van der Waals surface area contributed by atoms with Gasteiger partial charge in [-0.15, -0.1) is 0 Å². The summed E-state index contributed by atoms with van der Waals surface area (Å²) < 4.78 is 31.4.